The third-order valence-electron chi connectivity index (χ3n) is 3.44. The van der Waals surface area contributed by atoms with Crippen molar-refractivity contribution in [2.45, 2.75) is 6.42 Å². The van der Waals surface area contributed by atoms with Crippen LogP contribution in [0.2, 0.25) is 5.02 Å². The van der Waals surface area contributed by atoms with Crippen LogP contribution >= 0.6 is 11.6 Å². The highest BCUT2D eigenvalue weighted by molar-refractivity contribution is 6.30. The van der Waals surface area contributed by atoms with Crippen LogP contribution in [0.4, 0.5) is 4.39 Å². The van der Waals surface area contributed by atoms with Crippen LogP contribution in [0.1, 0.15) is 16.1 Å². The maximum atomic E-state index is 13.2. The molecule has 0 saturated heterocycles. The van der Waals surface area contributed by atoms with Gasteiger partial charge < -0.3 is 9.84 Å². The van der Waals surface area contributed by atoms with E-state index in [1.54, 1.807) is 18.2 Å². The maximum absolute atomic E-state index is 13.2. The van der Waals surface area contributed by atoms with Crippen LogP contribution in [-0.2, 0) is 6.42 Å². The Labute approximate surface area is 143 Å². The molecule has 0 spiro atoms. The summed E-state index contributed by atoms with van der Waals surface area (Å²) in [6.45, 7) is 0.440. The smallest absolute Gasteiger partial charge is 0.289 e. The van der Waals surface area contributed by atoms with E-state index in [0.29, 0.717) is 29.2 Å². The molecule has 0 aliphatic carbocycles. The molecule has 24 heavy (non-hydrogen) atoms. The Kier molecular flexibility index (Phi) is 4.91. The zero-order chi connectivity index (χ0) is 16.9. The van der Waals surface area contributed by atoms with Crippen LogP contribution in [0.5, 0.6) is 0 Å². The monoisotopic (exact) mass is 344 g/mol. The molecule has 2 aromatic carbocycles. The van der Waals surface area contributed by atoms with E-state index >= 15 is 0 Å². The predicted molar refractivity (Wildman–Crippen MR) is 89.4 cm³/mol. The van der Waals surface area contributed by atoms with Gasteiger partial charge >= 0.3 is 0 Å². The van der Waals surface area contributed by atoms with Crippen LogP contribution in [0.3, 0.4) is 0 Å². The second-order valence-electron chi connectivity index (χ2n) is 5.22. The quantitative estimate of drug-likeness (QED) is 0.758. The number of nitrogens with zero attached hydrogens (tertiary/aromatic N) is 1. The van der Waals surface area contributed by atoms with Crippen molar-refractivity contribution < 1.29 is 13.7 Å². The molecule has 0 radical (unpaired) electrons. The minimum absolute atomic E-state index is 0.0837. The minimum atomic E-state index is -0.372. The molecule has 0 unspecified atom stereocenters. The number of hydrogen-bond acceptors (Lipinski definition) is 3. The van der Waals surface area contributed by atoms with Crippen molar-refractivity contribution >= 4 is 17.5 Å². The number of benzene rings is 2. The van der Waals surface area contributed by atoms with Gasteiger partial charge in [0.2, 0.25) is 5.76 Å². The summed E-state index contributed by atoms with van der Waals surface area (Å²) in [6.07, 6.45) is 0.650. The van der Waals surface area contributed by atoms with Crippen molar-refractivity contribution in [1.29, 1.82) is 0 Å². The molecule has 122 valence electrons. The van der Waals surface area contributed by atoms with E-state index < -0.39 is 0 Å². The largest absolute Gasteiger partial charge is 0.350 e. The van der Waals surface area contributed by atoms with Gasteiger partial charge in [-0.05, 0) is 36.2 Å². The molecule has 1 N–H and O–H groups in total. The SMILES string of the molecule is O=C(NCCc1cccc(Cl)c1)c1cc(-c2cccc(F)c2)no1. The molecule has 4 nitrogen and oxygen atoms in total. The number of amides is 1. The van der Waals surface area contributed by atoms with E-state index in [9.17, 15) is 9.18 Å². The number of aromatic nitrogens is 1. The van der Waals surface area contributed by atoms with Crippen LogP contribution < -0.4 is 5.32 Å². The van der Waals surface area contributed by atoms with Crippen LogP contribution in [-0.4, -0.2) is 17.6 Å². The number of hydrogen-bond donors (Lipinski definition) is 1. The predicted octanol–water partition coefficient (Wildman–Crippen LogP) is 4.11. The molecule has 1 aromatic heterocycles. The van der Waals surface area contributed by atoms with Crippen LogP contribution in [0.15, 0.2) is 59.1 Å². The number of rotatable bonds is 5. The van der Waals surface area contributed by atoms with E-state index in [1.165, 1.54) is 18.2 Å². The molecule has 0 bridgehead atoms. The first kappa shape index (κ1) is 16.2. The van der Waals surface area contributed by atoms with Gasteiger partial charge in [0.25, 0.3) is 5.91 Å². The fourth-order valence-corrected chi connectivity index (χ4v) is 2.48. The summed E-state index contributed by atoms with van der Waals surface area (Å²) in [5.74, 6) is -0.657. The number of carbonyl (C=O) groups excluding carboxylic acids is 1. The molecule has 1 heterocycles. The lowest BCUT2D eigenvalue weighted by atomic mass is 10.1. The Morgan fingerprint density at radius 2 is 2.00 bits per heavy atom. The molecule has 0 fully saturated rings. The zero-order valence-corrected chi connectivity index (χ0v) is 13.4. The molecular weight excluding hydrogens is 331 g/mol. The first-order valence-electron chi connectivity index (χ1n) is 7.37. The van der Waals surface area contributed by atoms with E-state index in [2.05, 4.69) is 10.5 Å². The Balaban J connectivity index is 1.60. The van der Waals surface area contributed by atoms with Gasteiger partial charge in [-0.1, -0.05) is 41.0 Å². The molecule has 6 heteroatoms. The Morgan fingerprint density at radius 1 is 1.17 bits per heavy atom. The van der Waals surface area contributed by atoms with Gasteiger partial charge in [0, 0.05) is 23.2 Å². The van der Waals surface area contributed by atoms with Crippen molar-refractivity contribution in [3.8, 4) is 11.3 Å². The number of carbonyl (C=O) groups is 1. The summed E-state index contributed by atoms with van der Waals surface area (Å²) in [6, 6.07) is 14.9. The van der Waals surface area contributed by atoms with Crippen LogP contribution in [0.25, 0.3) is 11.3 Å². The third-order valence-corrected chi connectivity index (χ3v) is 3.68. The molecule has 1 amide bonds. The lowest BCUT2D eigenvalue weighted by Crippen LogP contribution is -2.25. The highest BCUT2D eigenvalue weighted by Crippen LogP contribution is 2.19. The molecular formula is C18H14ClFN2O2. The van der Waals surface area contributed by atoms with Gasteiger partial charge in [-0.3, -0.25) is 4.79 Å². The average molecular weight is 345 g/mol. The standard InChI is InChI=1S/C18H14ClFN2O2/c19-14-5-1-3-12(9-14)7-8-21-18(23)17-11-16(22-24-17)13-4-2-6-15(20)10-13/h1-6,9-11H,7-8H2,(H,21,23). The van der Waals surface area contributed by atoms with Gasteiger partial charge in [0.1, 0.15) is 11.5 Å². The fraction of sp³-hybridized carbons (Fsp3) is 0.111. The molecule has 0 saturated carbocycles. The lowest BCUT2D eigenvalue weighted by Gasteiger charge is -2.03. The highest BCUT2D eigenvalue weighted by atomic mass is 35.5. The summed E-state index contributed by atoms with van der Waals surface area (Å²) >= 11 is 5.92. The third kappa shape index (κ3) is 4.00. The fourth-order valence-electron chi connectivity index (χ4n) is 2.27. The van der Waals surface area contributed by atoms with Crippen molar-refractivity contribution in [3.63, 3.8) is 0 Å². The minimum Gasteiger partial charge on any atom is -0.350 e. The van der Waals surface area contributed by atoms with Crippen molar-refractivity contribution in [2.75, 3.05) is 6.54 Å². The maximum Gasteiger partial charge on any atom is 0.289 e. The molecule has 0 aliphatic rings. The summed E-state index contributed by atoms with van der Waals surface area (Å²) < 4.78 is 18.3. The number of halogens is 2. The van der Waals surface area contributed by atoms with E-state index in [0.717, 1.165) is 5.56 Å². The van der Waals surface area contributed by atoms with Gasteiger partial charge in [0.05, 0.1) is 0 Å². The van der Waals surface area contributed by atoms with Crippen molar-refractivity contribution in [2.24, 2.45) is 0 Å². The van der Waals surface area contributed by atoms with Gasteiger partial charge in [-0.2, -0.15) is 0 Å². The lowest BCUT2D eigenvalue weighted by molar-refractivity contribution is 0.0917. The summed E-state index contributed by atoms with van der Waals surface area (Å²) in [5, 5.41) is 7.22. The zero-order valence-electron chi connectivity index (χ0n) is 12.6. The topological polar surface area (TPSA) is 55.1 Å². The Bertz CT molecular complexity index is 863. The van der Waals surface area contributed by atoms with Crippen molar-refractivity contribution in [1.82, 2.24) is 10.5 Å². The van der Waals surface area contributed by atoms with Gasteiger partial charge in [0.15, 0.2) is 0 Å². The van der Waals surface area contributed by atoms with E-state index in [1.807, 2.05) is 18.2 Å². The molecule has 3 rings (SSSR count). The van der Waals surface area contributed by atoms with Crippen molar-refractivity contribution in [3.05, 3.63) is 76.8 Å². The van der Waals surface area contributed by atoms with Gasteiger partial charge in [-0.25, -0.2) is 4.39 Å². The normalized spacial score (nSPS) is 10.6. The van der Waals surface area contributed by atoms with Gasteiger partial charge in [-0.15, -0.1) is 0 Å². The highest BCUT2D eigenvalue weighted by Gasteiger charge is 2.14. The van der Waals surface area contributed by atoms with E-state index in [4.69, 9.17) is 16.1 Å². The van der Waals surface area contributed by atoms with E-state index in [-0.39, 0.29) is 17.5 Å². The second-order valence-corrected chi connectivity index (χ2v) is 5.66. The molecule has 0 aliphatic heterocycles. The summed E-state index contributed by atoms with van der Waals surface area (Å²) in [4.78, 5) is 12.1. The summed E-state index contributed by atoms with van der Waals surface area (Å²) in [7, 11) is 0. The Morgan fingerprint density at radius 3 is 2.79 bits per heavy atom. The Hall–Kier alpha value is -2.66. The first-order chi connectivity index (χ1) is 11.6. The van der Waals surface area contributed by atoms with Crippen LogP contribution in [0, 0.1) is 5.82 Å². The average Bonchev–Trinajstić information content (AvgIpc) is 3.05. The second kappa shape index (κ2) is 7.27. The number of nitrogens with one attached hydrogen (secondary N) is 1. The summed E-state index contributed by atoms with van der Waals surface area (Å²) in [5.41, 5.74) is 1.99. The molecule has 3 aromatic rings. The first-order valence-corrected chi connectivity index (χ1v) is 7.75. The molecule has 0 atom stereocenters.